The number of benzene rings is 2. The molecule has 0 unspecified atom stereocenters. The molecule has 2 aromatic carbocycles. The van der Waals surface area contributed by atoms with Crippen molar-refractivity contribution in [3.63, 3.8) is 0 Å². The third kappa shape index (κ3) is 2.71. The summed E-state index contributed by atoms with van der Waals surface area (Å²) in [4.78, 5) is 12.6. The number of rotatable bonds is 4. The van der Waals surface area contributed by atoms with Gasteiger partial charge in [0.25, 0.3) is 5.56 Å². The van der Waals surface area contributed by atoms with Crippen molar-refractivity contribution >= 4 is 0 Å². The molecule has 0 aliphatic heterocycles. The molecule has 1 N–H and O–H groups in total. The number of aromatic nitrogens is 1. The van der Waals surface area contributed by atoms with Gasteiger partial charge < -0.3 is 9.67 Å². The second kappa shape index (κ2) is 6.41. The Hall–Kier alpha value is -2.65. The first-order chi connectivity index (χ1) is 10.8. The van der Waals surface area contributed by atoms with Gasteiger partial charge in [-0.25, -0.2) is 0 Å². The summed E-state index contributed by atoms with van der Waals surface area (Å²) in [7, 11) is 0. The van der Waals surface area contributed by atoms with E-state index in [1.165, 1.54) is 4.57 Å². The minimum Gasteiger partial charge on any atom is -0.395 e. The Morgan fingerprint density at radius 2 is 1.41 bits per heavy atom. The Balaban J connectivity index is 2.19. The number of aliphatic hydroxyl groups is 1. The Morgan fingerprint density at radius 1 is 0.773 bits per heavy atom. The average molecular weight is 291 g/mol. The van der Waals surface area contributed by atoms with Crippen molar-refractivity contribution in [2.75, 3.05) is 6.61 Å². The van der Waals surface area contributed by atoms with Gasteiger partial charge in [0.05, 0.1) is 6.61 Å². The highest BCUT2D eigenvalue weighted by Gasteiger charge is 2.11. The maximum atomic E-state index is 12.6. The minimum absolute atomic E-state index is 0.0519. The summed E-state index contributed by atoms with van der Waals surface area (Å²) in [5, 5.41) is 9.08. The lowest BCUT2D eigenvalue weighted by atomic mass is 9.95. The molecular formula is C19H17NO2. The fourth-order valence-corrected chi connectivity index (χ4v) is 2.61. The summed E-state index contributed by atoms with van der Waals surface area (Å²) < 4.78 is 1.54. The van der Waals surface area contributed by atoms with Gasteiger partial charge in [-0.2, -0.15) is 0 Å². The molecule has 3 rings (SSSR count). The lowest BCUT2D eigenvalue weighted by molar-refractivity contribution is 0.274. The molecule has 0 radical (unpaired) electrons. The summed E-state index contributed by atoms with van der Waals surface area (Å²) >= 11 is 0. The quantitative estimate of drug-likeness (QED) is 0.802. The van der Waals surface area contributed by atoms with Gasteiger partial charge in [0, 0.05) is 18.3 Å². The van der Waals surface area contributed by atoms with E-state index in [9.17, 15) is 4.79 Å². The van der Waals surface area contributed by atoms with Crippen molar-refractivity contribution in [2.45, 2.75) is 6.54 Å². The zero-order valence-corrected chi connectivity index (χ0v) is 12.1. The van der Waals surface area contributed by atoms with Crippen molar-refractivity contribution < 1.29 is 5.11 Å². The SMILES string of the molecule is O=c1c(-c2ccccc2-c2ccccc2)cccn1CCO. The molecule has 0 amide bonds. The van der Waals surface area contributed by atoms with E-state index in [-0.39, 0.29) is 12.2 Å². The highest BCUT2D eigenvalue weighted by molar-refractivity contribution is 5.82. The van der Waals surface area contributed by atoms with Gasteiger partial charge in [-0.3, -0.25) is 4.79 Å². The largest absolute Gasteiger partial charge is 0.395 e. The van der Waals surface area contributed by atoms with Gasteiger partial charge in [0.1, 0.15) is 0 Å². The maximum absolute atomic E-state index is 12.6. The van der Waals surface area contributed by atoms with Crippen LogP contribution >= 0.6 is 0 Å². The first-order valence-electron chi connectivity index (χ1n) is 7.26. The van der Waals surface area contributed by atoms with Crippen molar-refractivity contribution in [1.82, 2.24) is 4.57 Å². The van der Waals surface area contributed by atoms with Crippen LogP contribution in [0.1, 0.15) is 0 Å². The van der Waals surface area contributed by atoms with Crippen LogP contribution in [0.2, 0.25) is 0 Å². The molecule has 1 aromatic heterocycles. The van der Waals surface area contributed by atoms with Gasteiger partial charge in [-0.15, -0.1) is 0 Å². The lowest BCUT2D eigenvalue weighted by Gasteiger charge is -2.11. The molecule has 0 saturated carbocycles. The molecule has 1 heterocycles. The number of pyridine rings is 1. The van der Waals surface area contributed by atoms with Crippen LogP contribution in [0.4, 0.5) is 0 Å². The topological polar surface area (TPSA) is 42.2 Å². The monoisotopic (exact) mass is 291 g/mol. The van der Waals surface area contributed by atoms with E-state index in [2.05, 4.69) is 0 Å². The first kappa shape index (κ1) is 14.3. The number of hydrogen-bond acceptors (Lipinski definition) is 2. The lowest BCUT2D eigenvalue weighted by Crippen LogP contribution is -2.22. The minimum atomic E-state index is -0.0834. The van der Waals surface area contributed by atoms with Crippen LogP contribution in [0, 0.1) is 0 Å². The zero-order valence-electron chi connectivity index (χ0n) is 12.1. The number of nitrogens with zero attached hydrogens (tertiary/aromatic N) is 1. The maximum Gasteiger partial charge on any atom is 0.258 e. The van der Waals surface area contributed by atoms with Gasteiger partial charge in [0.2, 0.25) is 0 Å². The molecule has 0 atom stereocenters. The summed E-state index contributed by atoms with van der Waals surface area (Å²) in [5.41, 5.74) is 3.58. The normalized spacial score (nSPS) is 10.6. The fourth-order valence-electron chi connectivity index (χ4n) is 2.61. The third-order valence-corrected chi connectivity index (χ3v) is 3.66. The van der Waals surface area contributed by atoms with E-state index in [1.807, 2.05) is 66.7 Å². The Kier molecular flexibility index (Phi) is 4.17. The van der Waals surface area contributed by atoms with Gasteiger partial charge in [-0.05, 0) is 28.8 Å². The molecule has 0 saturated heterocycles. The second-order valence-corrected chi connectivity index (χ2v) is 5.06. The molecule has 3 aromatic rings. The van der Waals surface area contributed by atoms with E-state index in [4.69, 9.17) is 5.11 Å². The van der Waals surface area contributed by atoms with Crippen LogP contribution in [-0.2, 0) is 6.54 Å². The molecule has 3 heteroatoms. The van der Waals surface area contributed by atoms with Crippen LogP contribution in [-0.4, -0.2) is 16.3 Å². The van der Waals surface area contributed by atoms with Crippen molar-refractivity contribution in [3.05, 3.63) is 83.3 Å². The zero-order chi connectivity index (χ0) is 15.4. The summed E-state index contributed by atoms with van der Waals surface area (Å²) in [6.07, 6.45) is 1.70. The van der Waals surface area contributed by atoms with Crippen LogP contribution in [0.5, 0.6) is 0 Å². The van der Waals surface area contributed by atoms with E-state index in [0.717, 1.165) is 16.7 Å². The van der Waals surface area contributed by atoms with Crippen molar-refractivity contribution in [1.29, 1.82) is 0 Å². The van der Waals surface area contributed by atoms with Gasteiger partial charge in [-0.1, -0.05) is 54.6 Å². The Bertz CT molecular complexity index is 822. The Morgan fingerprint density at radius 3 is 2.14 bits per heavy atom. The highest BCUT2D eigenvalue weighted by atomic mass is 16.3. The van der Waals surface area contributed by atoms with Crippen molar-refractivity contribution in [3.8, 4) is 22.3 Å². The predicted molar refractivity (Wildman–Crippen MR) is 88.7 cm³/mol. The molecule has 0 spiro atoms. The van der Waals surface area contributed by atoms with E-state index < -0.39 is 0 Å². The van der Waals surface area contributed by atoms with Crippen molar-refractivity contribution in [2.24, 2.45) is 0 Å². The van der Waals surface area contributed by atoms with Crippen LogP contribution in [0.15, 0.2) is 77.7 Å². The molecule has 22 heavy (non-hydrogen) atoms. The van der Waals surface area contributed by atoms with Crippen LogP contribution in [0.3, 0.4) is 0 Å². The number of aliphatic hydroxyl groups excluding tert-OH is 1. The molecular weight excluding hydrogens is 274 g/mol. The molecule has 3 nitrogen and oxygen atoms in total. The van der Waals surface area contributed by atoms with E-state index in [1.54, 1.807) is 6.20 Å². The van der Waals surface area contributed by atoms with Gasteiger partial charge >= 0.3 is 0 Å². The van der Waals surface area contributed by atoms with Gasteiger partial charge in [0.15, 0.2) is 0 Å². The molecule has 0 aliphatic rings. The molecule has 110 valence electrons. The highest BCUT2D eigenvalue weighted by Crippen LogP contribution is 2.29. The third-order valence-electron chi connectivity index (χ3n) is 3.66. The summed E-state index contributed by atoms with van der Waals surface area (Å²) in [6, 6.07) is 21.6. The molecule has 0 aliphatic carbocycles. The first-order valence-corrected chi connectivity index (χ1v) is 7.26. The second-order valence-electron chi connectivity index (χ2n) is 5.06. The fraction of sp³-hybridized carbons (Fsp3) is 0.105. The summed E-state index contributed by atoms with van der Waals surface area (Å²) in [5.74, 6) is 0. The number of hydrogen-bond donors (Lipinski definition) is 1. The summed E-state index contributed by atoms with van der Waals surface area (Å²) in [6.45, 7) is 0.254. The Labute approximate surface area is 129 Å². The smallest absolute Gasteiger partial charge is 0.258 e. The van der Waals surface area contributed by atoms with E-state index in [0.29, 0.717) is 12.1 Å². The van der Waals surface area contributed by atoms with Crippen LogP contribution in [0.25, 0.3) is 22.3 Å². The standard InChI is InChI=1S/C19H17NO2/c21-14-13-20-12-6-11-18(19(20)22)17-10-5-4-9-16(17)15-7-2-1-3-8-15/h1-12,21H,13-14H2. The van der Waals surface area contributed by atoms with E-state index >= 15 is 0 Å². The van der Waals surface area contributed by atoms with Crippen LogP contribution < -0.4 is 5.56 Å². The molecule has 0 fully saturated rings. The molecule has 0 bridgehead atoms. The average Bonchev–Trinajstić information content (AvgIpc) is 2.58. The predicted octanol–water partition coefficient (Wildman–Crippen LogP) is 3.17.